The molecule has 0 amide bonds. The van der Waals surface area contributed by atoms with E-state index in [2.05, 4.69) is 6.58 Å². The number of rotatable bonds is 6. The number of nitrogens with zero attached hydrogens (tertiary/aromatic N) is 2. The predicted octanol–water partition coefficient (Wildman–Crippen LogP) is 4.99. The summed E-state index contributed by atoms with van der Waals surface area (Å²) in [6, 6.07) is 1.37. The fourth-order valence-corrected chi connectivity index (χ4v) is 4.49. The third kappa shape index (κ3) is 4.19. The third-order valence-electron chi connectivity index (χ3n) is 6.71. The number of ether oxygens (including phenoxy) is 1. The summed E-state index contributed by atoms with van der Waals surface area (Å²) in [6.07, 6.45) is 6.45. The van der Waals surface area contributed by atoms with Gasteiger partial charge in [0.15, 0.2) is 5.43 Å². The number of aromatic nitrogens is 1. The first-order valence-corrected chi connectivity index (χ1v) is 11.7. The molecular formula is C25H32N2O4S. The Balaban J connectivity index is 1.88. The first kappa shape index (κ1) is 22.9. The number of fused-ring (bicyclic) bond motifs is 1. The van der Waals surface area contributed by atoms with Crippen molar-refractivity contribution < 1.29 is 14.6 Å². The highest BCUT2D eigenvalue weighted by atomic mass is 32.1. The Morgan fingerprint density at radius 2 is 2.00 bits per heavy atom. The highest BCUT2D eigenvalue weighted by Gasteiger charge is 2.46. The molecule has 0 unspecified atom stereocenters. The van der Waals surface area contributed by atoms with Crippen LogP contribution in [-0.2, 0) is 9.61 Å². The van der Waals surface area contributed by atoms with E-state index in [-0.39, 0.29) is 11.0 Å². The number of aliphatic imine (C=N–C) groups is 1. The van der Waals surface area contributed by atoms with Crippen molar-refractivity contribution in [3.8, 4) is 0 Å². The minimum Gasteiger partial charge on any atom is -0.496 e. The lowest BCUT2D eigenvalue weighted by Crippen LogP contribution is -2.47. The van der Waals surface area contributed by atoms with Crippen molar-refractivity contribution in [2.45, 2.75) is 64.7 Å². The third-order valence-corrected chi connectivity index (χ3v) is 7.75. The van der Waals surface area contributed by atoms with E-state index >= 15 is 0 Å². The molecule has 1 aromatic heterocycles. The monoisotopic (exact) mass is 456 g/mol. The van der Waals surface area contributed by atoms with Crippen molar-refractivity contribution in [1.29, 1.82) is 0 Å². The van der Waals surface area contributed by atoms with Gasteiger partial charge in [0, 0.05) is 24.6 Å². The van der Waals surface area contributed by atoms with Crippen molar-refractivity contribution in [2.75, 3.05) is 6.61 Å². The van der Waals surface area contributed by atoms with Crippen LogP contribution in [0, 0.1) is 17.3 Å². The predicted molar refractivity (Wildman–Crippen MR) is 128 cm³/mol. The van der Waals surface area contributed by atoms with E-state index < -0.39 is 16.3 Å². The molecule has 0 radical (unpaired) electrons. The van der Waals surface area contributed by atoms with Gasteiger partial charge in [-0.05, 0) is 49.5 Å². The van der Waals surface area contributed by atoms with Gasteiger partial charge in [-0.1, -0.05) is 27.4 Å². The molecule has 2 aliphatic carbocycles. The van der Waals surface area contributed by atoms with E-state index in [0.717, 1.165) is 36.5 Å². The molecule has 6 nitrogen and oxygen atoms in total. The summed E-state index contributed by atoms with van der Waals surface area (Å²) in [7, 11) is 0. The lowest BCUT2D eigenvalue weighted by atomic mass is 9.78. The highest BCUT2D eigenvalue weighted by Crippen LogP contribution is 2.49. The number of carboxylic acid groups (broad SMARTS) is 1. The molecule has 0 aromatic carbocycles. The maximum atomic E-state index is 12.7. The minimum atomic E-state index is -1.25. The van der Waals surface area contributed by atoms with Crippen molar-refractivity contribution >= 4 is 24.3 Å². The van der Waals surface area contributed by atoms with Crippen LogP contribution in [0.5, 0.6) is 0 Å². The smallest absolute Gasteiger partial charge is 0.341 e. The molecule has 2 heterocycles. The van der Waals surface area contributed by atoms with Crippen LogP contribution in [0.15, 0.2) is 45.7 Å². The van der Waals surface area contributed by atoms with Crippen LogP contribution in [-0.4, -0.2) is 28.0 Å². The van der Waals surface area contributed by atoms with Gasteiger partial charge in [-0.25, -0.2) is 9.79 Å². The average Bonchev–Trinajstić information content (AvgIpc) is 3.59. The SMILES string of the molecule is C=C1C[C@](S)(C(C)(C)C)n2cc(C(=O)O)c(=O)cc2/C1=N/C(=C(\C)OCC1CC1)C1CC1. The Morgan fingerprint density at radius 3 is 2.53 bits per heavy atom. The van der Waals surface area contributed by atoms with E-state index in [9.17, 15) is 14.7 Å². The first-order valence-electron chi connectivity index (χ1n) is 11.3. The molecule has 0 spiro atoms. The van der Waals surface area contributed by atoms with Crippen LogP contribution in [0.1, 0.15) is 75.9 Å². The van der Waals surface area contributed by atoms with Gasteiger partial charge in [0.1, 0.15) is 11.3 Å². The second-order valence-corrected chi connectivity index (χ2v) is 11.1. The Kier molecular flexibility index (Phi) is 5.68. The summed E-state index contributed by atoms with van der Waals surface area (Å²) < 4.78 is 7.85. The molecule has 0 bridgehead atoms. The Hall–Kier alpha value is -2.28. The van der Waals surface area contributed by atoms with Gasteiger partial charge in [-0.2, -0.15) is 12.6 Å². The summed E-state index contributed by atoms with van der Waals surface area (Å²) in [5.41, 5.74) is 1.69. The van der Waals surface area contributed by atoms with E-state index in [1.807, 2.05) is 27.7 Å². The Morgan fingerprint density at radius 1 is 1.34 bits per heavy atom. The van der Waals surface area contributed by atoms with Crippen molar-refractivity contribution in [3.05, 3.63) is 57.4 Å². The standard InChI is InChI=1S/C25H32N2O4S/c1-14-11-25(32,24(3,4)5)27-12-18(23(29)30)20(28)10-19(27)21(14)26-22(17-8-9-17)15(2)31-13-16-6-7-16/h10,12,16-17,32H,1,6-9,11,13H2,2-5H3,(H,29,30)/b22-15+,26-21+/t25-/m0/s1. The second kappa shape index (κ2) is 7.94. The van der Waals surface area contributed by atoms with Gasteiger partial charge >= 0.3 is 5.97 Å². The van der Waals surface area contributed by atoms with Gasteiger partial charge in [0.05, 0.1) is 28.6 Å². The number of carboxylic acids is 1. The fourth-order valence-electron chi connectivity index (χ4n) is 4.13. The maximum Gasteiger partial charge on any atom is 0.341 e. The molecule has 32 heavy (non-hydrogen) atoms. The normalized spacial score (nSPS) is 25.4. The highest BCUT2D eigenvalue weighted by molar-refractivity contribution is 7.81. The van der Waals surface area contributed by atoms with Gasteiger partial charge in [0.2, 0.25) is 0 Å². The molecule has 1 aliphatic heterocycles. The van der Waals surface area contributed by atoms with Gasteiger partial charge in [-0.3, -0.25) is 4.79 Å². The Labute approximate surface area is 194 Å². The molecule has 1 atom stereocenters. The van der Waals surface area contributed by atoms with Crippen LogP contribution < -0.4 is 5.43 Å². The van der Waals surface area contributed by atoms with Crippen LogP contribution in [0.4, 0.5) is 0 Å². The topological polar surface area (TPSA) is 80.9 Å². The largest absolute Gasteiger partial charge is 0.496 e. The van der Waals surface area contributed by atoms with Gasteiger partial charge < -0.3 is 14.4 Å². The van der Waals surface area contributed by atoms with Crippen LogP contribution in [0.25, 0.3) is 0 Å². The van der Waals surface area contributed by atoms with Gasteiger partial charge in [-0.15, -0.1) is 0 Å². The van der Waals surface area contributed by atoms with Crippen molar-refractivity contribution in [2.24, 2.45) is 22.2 Å². The van der Waals surface area contributed by atoms with E-state index in [1.165, 1.54) is 25.1 Å². The molecule has 172 valence electrons. The second-order valence-electron chi connectivity index (χ2n) is 10.4. The number of hydrogen-bond acceptors (Lipinski definition) is 5. The number of pyridine rings is 1. The van der Waals surface area contributed by atoms with Crippen molar-refractivity contribution in [1.82, 2.24) is 4.57 Å². The zero-order valence-corrected chi connectivity index (χ0v) is 20.2. The lowest BCUT2D eigenvalue weighted by molar-refractivity contribution is 0.0693. The number of hydrogen-bond donors (Lipinski definition) is 2. The van der Waals surface area contributed by atoms with Crippen LogP contribution >= 0.6 is 12.6 Å². The van der Waals surface area contributed by atoms with Crippen molar-refractivity contribution in [3.63, 3.8) is 0 Å². The van der Waals surface area contributed by atoms with Crippen LogP contribution in [0.3, 0.4) is 0 Å². The molecule has 0 saturated heterocycles. The molecule has 4 rings (SSSR count). The quantitative estimate of drug-likeness (QED) is 0.467. The van der Waals surface area contributed by atoms with E-state index in [1.54, 1.807) is 4.57 Å². The lowest BCUT2D eigenvalue weighted by Gasteiger charge is -2.47. The molecule has 2 saturated carbocycles. The maximum absolute atomic E-state index is 12.7. The molecule has 1 aromatic rings. The van der Waals surface area contributed by atoms with E-state index in [0.29, 0.717) is 29.7 Å². The molecule has 7 heteroatoms. The molecule has 1 N–H and O–H groups in total. The number of carbonyl (C=O) groups is 1. The van der Waals surface area contributed by atoms with Gasteiger partial charge in [0.25, 0.3) is 0 Å². The zero-order chi connectivity index (χ0) is 23.4. The summed E-state index contributed by atoms with van der Waals surface area (Å²) in [4.78, 5) is 28.6. The fraction of sp³-hybridized carbons (Fsp3) is 0.560. The number of allylic oxidation sites excluding steroid dienone is 3. The zero-order valence-electron chi connectivity index (χ0n) is 19.3. The average molecular weight is 457 g/mol. The minimum absolute atomic E-state index is 0.273. The van der Waals surface area contributed by atoms with Crippen LogP contribution in [0.2, 0.25) is 0 Å². The molecule has 2 fully saturated rings. The molecular weight excluding hydrogens is 424 g/mol. The summed E-state index contributed by atoms with van der Waals surface area (Å²) in [5, 5.41) is 9.56. The van der Waals surface area contributed by atoms with E-state index in [4.69, 9.17) is 22.4 Å². The summed E-state index contributed by atoms with van der Waals surface area (Å²) >= 11 is 5.02. The number of thiol groups is 1. The summed E-state index contributed by atoms with van der Waals surface area (Å²) in [6.45, 7) is 13.1. The Bertz CT molecular complexity index is 1100. The summed E-state index contributed by atoms with van der Waals surface area (Å²) in [5.74, 6) is 0.571. The first-order chi connectivity index (χ1) is 14.9. The molecule has 3 aliphatic rings. The number of aromatic carboxylic acids is 1.